The molecule has 18 heavy (non-hydrogen) atoms. The maximum Gasteiger partial charge on any atom is 0.193 e. The monoisotopic (exact) mass is 260 g/mol. The predicted molar refractivity (Wildman–Crippen MR) is 72.5 cm³/mol. The van der Waals surface area contributed by atoms with Gasteiger partial charge < -0.3 is 5.32 Å². The summed E-state index contributed by atoms with van der Waals surface area (Å²) in [6, 6.07) is 4.03. The molecule has 0 aliphatic rings. The van der Waals surface area contributed by atoms with Crippen molar-refractivity contribution in [2.45, 2.75) is 30.6 Å². The molecule has 0 aliphatic carbocycles. The van der Waals surface area contributed by atoms with Crippen molar-refractivity contribution in [3.05, 3.63) is 41.9 Å². The fourth-order valence-corrected chi connectivity index (χ4v) is 2.20. The van der Waals surface area contributed by atoms with Gasteiger partial charge in [-0.25, -0.2) is 15.0 Å². The molecule has 0 saturated heterocycles. The first-order valence-electron chi connectivity index (χ1n) is 5.90. The van der Waals surface area contributed by atoms with E-state index >= 15 is 0 Å². The Morgan fingerprint density at radius 3 is 2.72 bits per heavy atom. The average molecular weight is 260 g/mol. The Hall–Kier alpha value is -1.46. The van der Waals surface area contributed by atoms with Crippen molar-refractivity contribution < 1.29 is 0 Å². The Morgan fingerprint density at radius 1 is 1.22 bits per heavy atom. The third kappa shape index (κ3) is 3.51. The molecule has 2 heterocycles. The highest BCUT2D eigenvalue weighted by molar-refractivity contribution is 7.99. The normalized spacial score (nSPS) is 10.6. The summed E-state index contributed by atoms with van der Waals surface area (Å²) in [5.41, 5.74) is 2.24. The fraction of sp³-hybridized carbons (Fsp3) is 0.308. The lowest BCUT2D eigenvalue weighted by molar-refractivity contribution is 0.711. The van der Waals surface area contributed by atoms with E-state index in [0.717, 1.165) is 28.8 Å². The van der Waals surface area contributed by atoms with Gasteiger partial charge in [-0.15, -0.1) is 0 Å². The van der Waals surface area contributed by atoms with Crippen LogP contribution in [0.15, 0.2) is 40.9 Å². The van der Waals surface area contributed by atoms with Crippen LogP contribution in [0.4, 0.5) is 0 Å². The Labute approximate surface area is 111 Å². The van der Waals surface area contributed by atoms with Crippen LogP contribution in [0.1, 0.15) is 18.1 Å². The number of aryl methyl sites for hydroxylation is 1. The lowest BCUT2D eigenvalue weighted by Gasteiger charge is -2.07. The van der Waals surface area contributed by atoms with Crippen molar-refractivity contribution in [1.29, 1.82) is 0 Å². The molecule has 0 saturated carbocycles. The topological polar surface area (TPSA) is 50.7 Å². The maximum absolute atomic E-state index is 4.39. The first kappa shape index (κ1) is 13.0. The molecule has 0 spiro atoms. The zero-order valence-electron chi connectivity index (χ0n) is 10.6. The SMILES string of the molecule is CCNCc1cccnc1Sc1ncc(C)cn1. The summed E-state index contributed by atoms with van der Waals surface area (Å²) in [6.45, 7) is 5.83. The summed E-state index contributed by atoms with van der Waals surface area (Å²) < 4.78 is 0. The van der Waals surface area contributed by atoms with E-state index in [0.29, 0.717) is 0 Å². The molecule has 0 radical (unpaired) electrons. The lowest BCUT2D eigenvalue weighted by atomic mass is 10.3. The minimum Gasteiger partial charge on any atom is -0.313 e. The molecule has 0 aliphatic heterocycles. The summed E-state index contributed by atoms with van der Waals surface area (Å²) in [5, 5.41) is 5.00. The van der Waals surface area contributed by atoms with Gasteiger partial charge in [0, 0.05) is 25.1 Å². The Balaban J connectivity index is 2.15. The summed E-state index contributed by atoms with van der Waals surface area (Å²) in [5.74, 6) is 0. The van der Waals surface area contributed by atoms with Crippen LogP contribution in [0.2, 0.25) is 0 Å². The summed E-state index contributed by atoms with van der Waals surface area (Å²) in [6.07, 6.45) is 5.44. The van der Waals surface area contributed by atoms with E-state index in [1.165, 1.54) is 17.3 Å². The highest BCUT2D eigenvalue weighted by Gasteiger charge is 2.06. The molecule has 0 bridgehead atoms. The quantitative estimate of drug-likeness (QED) is 0.837. The van der Waals surface area contributed by atoms with Gasteiger partial charge >= 0.3 is 0 Å². The molecular weight excluding hydrogens is 244 g/mol. The molecule has 4 nitrogen and oxygen atoms in total. The van der Waals surface area contributed by atoms with E-state index in [-0.39, 0.29) is 0 Å². The van der Waals surface area contributed by atoms with Crippen LogP contribution < -0.4 is 5.32 Å². The van der Waals surface area contributed by atoms with Gasteiger partial charge in [-0.2, -0.15) is 0 Å². The third-order valence-electron chi connectivity index (χ3n) is 2.36. The van der Waals surface area contributed by atoms with Gasteiger partial charge in [0.1, 0.15) is 5.03 Å². The first-order valence-corrected chi connectivity index (χ1v) is 6.72. The number of hydrogen-bond acceptors (Lipinski definition) is 5. The minimum absolute atomic E-state index is 0.733. The van der Waals surface area contributed by atoms with Gasteiger partial charge in [-0.05, 0) is 42.4 Å². The average Bonchev–Trinajstić information content (AvgIpc) is 2.40. The first-order chi connectivity index (χ1) is 8.79. The van der Waals surface area contributed by atoms with Crippen LogP contribution in [0, 0.1) is 6.92 Å². The van der Waals surface area contributed by atoms with Crippen molar-refractivity contribution in [3.8, 4) is 0 Å². The minimum atomic E-state index is 0.733. The van der Waals surface area contributed by atoms with E-state index in [1.807, 2.05) is 25.4 Å². The molecule has 94 valence electrons. The molecular formula is C13H16N4S. The molecule has 2 aromatic heterocycles. The van der Waals surface area contributed by atoms with Crippen molar-refractivity contribution in [3.63, 3.8) is 0 Å². The number of pyridine rings is 1. The fourth-order valence-electron chi connectivity index (χ4n) is 1.43. The van der Waals surface area contributed by atoms with Gasteiger partial charge in [0.05, 0.1) is 0 Å². The van der Waals surface area contributed by atoms with Gasteiger partial charge in [-0.1, -0.05) is 13.0 Å². The Bertz CT molecular complexity index is 499. The van der Waals surface area contributed by atoms with E-state index < -0.39 is 0 Å². The van der Waals surface area contributed by atoms with Crippen molar-refractivity contribution in [2.24, 2.45) is 0 Å². The second-order valence-electron chi connectivity index (χ2n) is 3.89. The third-order valence-corrected chi connectivity index (χ3v) is 3.31. The van der Waals surface area contributed by atoms with Crippen molar-refractivity contribution in [1.82, 2.24) is 20.3 Å². The van der Waals surface area contributed by atoms with Crippen LogP contribution in [0.5, 0.6) is 0 Å². The number of nitrogens with one attached hydrogen (secondary N) is 1. The summed E-state index contributed by atoms with van der Waals surface area (Å²) >= 11 is 1.50. The molecule has 0 fully saturated rings. The zero-order valence-corrected chi connectivity index (χ0v) is 11.4. The lowest BCUT2D eigenvalue weighted by Crippen LogP contribution is -2.12. The van der Waals surface area contributed by atoms with Gasteiger partial charge in [0.25, 0.3) is 0 Å². The Morgan fingerprint density at radius 2 is 2.00 bits per heavy atom. The van der Waals surface area contributed by atoms with E-state index in [2.05, 4.69) is 33.3 Å². The van der Waals surface area contributed by atoms with Crippen LogP contribution >= 0.6 is 11.8 Å². The van der Waals surface area contributed by atoms with Gasteiger partial charge in [0.15, 0.2) is 5.16 Å². The molecule has 0 unspecified atom stereocenters. The van der Waals surface area contributed by atoms with Crippen LogP contribution in [0.25, 0.3) is 0 Å². The second-order valence-corrected chi connectivity index (χ2v) is 4.85. The maximum atomic E-state index is 4.39. The highest BCUT2D eigenvalue weighted by Crippen LogP contribution is 2.25. The number of hydrogen-bond donors (Lipinski definition) is 1. The van der Waals surface area contributed by atoms with Crippen LogP contribution in [-0.4, -0.2) is 21.5 Å². The van der Waals surface area contributed by atoms with Gasteiger partial charge in [0.2, 0.25) is 0 Å². The highest BCUT2D eigenvalue weighted by atomic mass is 32.2. The van der Waals surface area contributed by atoms with E-state index in [4.69, 9.17) is 0 Å². The van der Waals surface area contributed by atoms with Crippen LogP contribution in [0.3, 0.4) is 0 Å². The number of aromatic nitrogens is 3. The molecule has 0 aromatic carbocycles. The largest absolute Gasteiger partial charge is 0.313 e. The van der Waals surface area contributed by atoms with Crippen molar-refractivity contribution in [2.75, 3.05) is 6.54 Å². The molecule has 0 atom stereocenters. The number of rotatable bonds is 5. The van der Waals surface area contributed by atoms with E-state index in [9.17, 15) is 0 Å². The standard InChI is InChI=1S/C13H16N4S/c1-3-14-9-11-5-4-6-15-12(11)18-13-16-7-10(2)8-17-13/h4-8,14H,3,9H2,1-2H3. The molecule has 2 aromatic rings. The van der Waals surface area contributed by atoms with Gasteiger partial charge in [-0.3, -0.25) is 0 Å². The molecule has 2 rings (SSSR count). The smallest absolute Gasteiger partial charge is 0.193 e. The second kappa shape index (κ2) is 6.47. The predicted octanol–water partition coefficient (Wildman–Crippen LogP) is 2.44. The summed E-state index contributed by atoms with van der Waals surface area (Å²) in [4.78, 5) is 13.0. The zero-order chi connectivity index (χ0) is 12.8. The Kier molecular flexibility index (Phi) is 4.66. The molecule has 5 heteroatoms. The van der Waals surface area contributed by atoms with E-state index in [1.54, 1.807) is 6.20 Å². The number of nitrogens with zero attached hydrogens (tertiary/aromatic N) is 3. The molecule has 1 N–H and O–H groups in total. The van der Waals surface area contributed by atoms with Crippen LogP contribution in [-0.2, 0) is 6.54 Å². The molecule has 0 amide bonds. The summed E-state index contributed by atoms with van der Waals surface area (Å²) in [7, 11) is 0. The van der Waals surface area contributed by atoms with Crippen molar-refractivity contribution >= 4 is 11.8 Å².